The van der Waals surface area contributed by atoms with Crippen LogP contribution in [0.15, 0.2) is 35.2 Å². The van der Waals surface area contributed by atoms with Crippen molar-refractivity contribution in [3.05, 3.63) is 30.3 Å². The van der Waals surface area contributed by atoms with E-state index in [1.54, 1.807) is 12.8 Å². The average molecular weight is 373 g/mol. The van der Waals surface area contributed by atoms with Crippen LogP contribution in [0.4, 0.5) is 0 Å². The predicted molar refractivity (Wildman–Crippen MR) is 117 cm³/mol. The molecule has 0 amide bonds. The molecule has 0 saturated heterocycles. The van der Waals surface area contributed by atoms with E-state index in [0.717, 1.165) is 23.0 Å². The zero-order chi connectivity index (χ0) is 18.0. The zero-order valence-electron chi connectivity index (χ0n) is 17.0. The van der Waals surface area contributed by atoms with E-state index in [9.17, 15) is 0 Å². The summed E-state index contributed by atoms with van der Waals surface area (Å²) >= 11 is 2.13. The van der Waals surface area contributed by atoms with Crippen LogP contribution in [0.1, 0.15) is 96.8 Å². The summed E-state index contributed by atoms with van der Waals surface area (Å²) in [6, 6.07) is 11.0. The first kappa shape index (κ1) is 20.3. The summed E-state index contributed by atoms with van der Waals surface area (Å²) in [6.45, 7) is 2.31. The maximum Gasteiger partial charge on any atom is 0.00946 e. The van der Waals surface area contributed by atoms with Gasteiger partial charge in [0.15, 0.2) is 0 Å². The molecule has 0 bridgehead atoms. The lowest BCUT2D eigenvalue weighted by Gasteiger charge is -2.37. The van der Waals surface area contributed by atoms with Gasteiger partial charge in [-0.25, -0.2) is 0 Å². The number of hydrogen-bond acceptors (Lipinski definition) is 1. The summed E-state index contributed by atoms with van der Waals surface area (Å²) < 4.78 is 0. The van der Waals surface area contributed by atoms with Gasteiger partial charge in [0.1, 0.15) is 0 Å². The van der Waals surface area contributed by atoms with Crippen molar-refractivity contribution >= 4 is 11.8 Å². The fraction of sp³-hybridized carbons (Fsp3) is 0.760. The molecule has 0 atom stereocenters. The van der Waals surface area contributed by atoms with Gasteiger partial charge in [0.05, 0.1) is 0 Å². The maximum absolute atomic E-state index is 2.31. The summed E-state index contributed by atoms with van der Waals surface area (Å²) in [7, 11) is 0. The minimum absolute atomic E-state index is 0.869. The minimum Gasteiger partial charge on any atom is -0.123 e. The topological polar surface area (TPSA) is 0 Å². The monoisotopic (exact) mass is 372 g/mol. The second-order valence-electron chi connectivity index (χ2n) is 8.95. The highest BCUT2D eigenvalue weighted by atomic mass is 32.2. The van der Waals surface area contributed by atoms with Crippen LogP contribution in [0.25, 0.3) is 0 Å². The van der Waals surface area contributed by atoms with Gasteiger partial charge < -0.3 is 0 Å². The Kier molecular flexibility index (Phi) is 8.92. The molecule has 1 aromatic rings. The molecular weight excluding hydrogens is 332 g/mol. The van der Waals surface area contributed by atoms with Crippen molar-refractivity contribution < 1.29 is 0 Å². The van der Waals surface area contributed by atoms with Gasteiger partial charge in [0.2, 0.25) is 0 Å². The molecule has 1 aromatic carbocycles. The van der Waals surface area contributed by atoms with E-state index in [1.807, 2.05) is 0 Å². The average Bonchev–Trinajstić information content (AvgIpc) is 2.70. The Morgan fingerprint density at radius 3 is 2.00 bits per heavy atom. The van der Waals surface area contributed by atoms with Crippen LogP contribution in [-0.4, -0.2) is 5.25 Å². The lowest BCUT2D eigenvalue weighted by molar-refractivity contribution is 0.164. The van der Waals surface area contributed by atoms with E-state index in [2.05, 4.69) is 49.0 Å². The Labute approximate surface area is 166 Å². The zero-order valence-corrected chi connectivity index (χ0v) is 17.8. The van der Waals surface area contributed by atoms with E-state index in [-0.39, 0.29) is 0 Å². The van der Waals surface area contributed by atoms with Crippen molar-refractivity contribution in [3.8, 4) is 0 Å². The lowest BCUT2D eigenvalue weighted by Crippen LogP contribution is -2.26. The van der Waals surface area contributed by atoms with E-state index in [4.69, 9.17) is 0 Å². The quantitative estimate of drug-likeness (QED) is 0.391. The van der Waals surface area contributed by atoms with Gasteiger partial charge in [0.25, 0.3) is 0 Å². The molecule has 2 aliphatic carbocycles. The molecule has 0 unspecified atom stereocenters. The van der Waals surface area contributed by atoms with E-state index in [1.165, 1.54) is 81.9 Å². The molecule has 2 saturated carbocycles. The van der Waals surface area contributed by atoms with Gasteiger partial charge in [-0.2, -0.15) is 0 Å². The Morgan fingerprint density at radius 2 is 1.35 bits per heavy atom. The van der Waals surface area contributed by atoms with Crippen molar-refractivity contribution in [3.63, 3.8) is 0 Å². The number of hydrogen-bond donors (Lipinski definition) is 0. The first-order chi connectivity index (χ1) is 12.8. The maximum atomic E-state index is 2.31. The van der Waals surface area contributed by atoms with Crippen LogP contribution in [0.3, 0.4) is 0 Å². The van der Waals surface area contributed by atoms with Gasteiger partial charge in [-0.1, -0.05) is 76.5 Å². The molecule has 146 valence electrons. The Morgan fingerprint density at radius 1 is 0.731 bits per heavy atom. The molecule has 0 radical (unpaired) electrons. The summed E-state index contributed by atoms with van der Waals surface area (Å²) in [4.78, 5) is 1.47. The molecule has 3 rings (SSSR count). The van der Waals surface area contributed by atoms with Gasteiger partial charge in [-0.15, -0.1) is 11.8 Å². The fourth-order valence-corrected chi connectivity index (χ4v) is 6.56. The molecule has 2 aliphatic rings. The first-order valence-corrected chi connectivity index (χ1v) is 12.4. The lowest BCUT2D eigenvalue weighted by atomic mass is 9.70. The molecule has 0 aromatic heterocycles. The first-order valence-electron chi connectivity index (χ1n) is 11.6. The van der Waals surface area contributed by atoms with Gasteiger partial charge >= 0.3 is 0 Å². The van der Waals surface area contributed by atoms with Crippen LogP contribution >= 0.6 is 11.8 Å². The number of rotatable bonds is 9. The van der Waals surface area contributed by atoms with Crippen LogP contribution < -0.4 is 0 Å². The fourth-order valence-electron chi connectivity index (χ4n) is 5.35. The van der Waals surface area contributed by atoms with Crippen molar-refractivity contribution in [1.82, 2.24) is 0 Å². The molecule has 2 fully saturated rings. The SMILES string of the molecule is CCCCCCCC1CCC(C2CCC(Sc3ccccc3)CC2)CC1. The molecule has 0 N–H and O–H groups in total. The van der Waals surface area contributed by atoms with Crippen molar-refractivity contribution in [1.29, 1.82) is 0 Å². The van der Waals surface area contributed by atoms with E-state index in [0.29, 0.717) is 0 Å². The Balaban J connectivity index is 1.30. The second-order valence-corrected chi connectivity index (χ2v) is 10.3. The second kappa shape index (κ2) is 11.4. The summed E-state index contributed by atoms with van der Waals surface area (Å²) in [5.41, 5.74) is 0. The predicted octanol–water partition coefficient (Wildman–Crippen LogP) is 8.50. The van der Waals surface area contributed by atoms with E-state index < -0.39 is 0 Å². The van der Waals surface area contributed by atoms with Gasteiger partial charge in [0, 0.05) is 10.1 Å². The molecule has 26 heavy (non-hydrogen) atoms. The normalized spacial score (nSPS) is 29.6. The third-order valence-corrected chi connectivity index (χ3v) is 8.39. The number of thioether (sulfide) groups is 1. The highest BCUT2D eigenvalue weighted by Gasteiger charge is 2.30. The summed E-state index contributed by atoms with van der Waals surface area (Å²) in [6.07, 6.45) is 20.8. The molecule has 0 heterocycles. The van der Waals surface area contributed by atoms with Crippen LogP contribution in [-0.2, 0) is 0 Å². The third-order valence-electron chi connectivity index (χ3n) is 7.04. The highest BCUT2D eigenvalue weighted by Crippen LogP contribution is 2.44. The molecule has 0 nitrogen and oxygen atoms in total. The summed E-state index contributed by atoms with van der Waals surface area (Å²) in [5, 5.41) is 0.869. The highest BCUT2D eigenvalue weighted by molar-refractivity contribution is 8.00. The van der Waals surface area contributed by atoms with Crippen molar-refractivity contribution in [2.24, 2.45) is 17.8 Å². The molecule has 1 heteroatoms. The molecular formula is C25H40S. The molecule has 0 aliphatic heterocycles. The smallest absolute Gasteiger partial charge is 0.00946 e. The minimum atomic E-state index is 0.869. The Hall–Kier alpha value is -0.430. The van der Waals surface area contributed by atoms with Gasteiger partial charge in [-0.05, 0) is 68.4 Å². The third kappa shape index (κ3) is 6.63. The van der Waals surface area contributed by atoms with Gasteiger partial charge in [-0.3, -0.25) is 0 Å². The van der Waals surface area contributed by atoms with Crippen LogP contribution in [0.2, 0.25) is 0 Å². The number of benzene rings is 1. The number of unbranched alkanes of at least 4 members (excludes halogenated alkanes) is 4. The van der Waals surface area contributed by atoms with Crippen LogP contribution in [0, 0.1) is 17.8 Å². The molecule has 0 spiro atoms. The standard InChI is InChI=1S/C25H40S/c1-2-3-4-5-7-10-21-13-15-22(16-14-21)23-17-19-25(20-18-23)26-24-11-8-6-9-12-24/h6,8-9,11-12,21-23,25H,2-5,7,10,13-20H2,1H3. The van der Waals surface area contributed by atoms with Crippen molar-refractivity contribution in [2.45, 2.75) is 107 Å². The summed E-state index contributed by atoms with van der Waals surface area (Å²) in [5.74, 6) is 3.18. The van der Waals surface area contributed by atoms with E-state index >= 15 is 0 Å². The van der Waals surface area contributed by atoms with Crippen LogP contribution in [0.5, 0.6) is 0 Å². The van der Waals surface area contributed by atoms with Crippen molar-refractivity contribution in [2.75, 3.05) is 0 Å². The largest absolute Gasteiger partial charge is 0.123 e. The Bertz CT molecular complexity index is 466.